The van der Waals surface area contributed by atoms with E-state index < -0.39 is 11.9 Å². The summed E-state index contributed by atoms with van der Waals surface area (Å²) in [5.41, 5.74) is -0.621. The number of benzene rings is 2. The molecule has 5 nitrogen and oxygen atoms in total. The van der Waals surface area contributed by atoms with Gasteiger partial charge in [0.25, 0.3) is 0 Å². The molecule has 0 amide bonds. The van der Waals surface area contributed by atoms with Gasteiger partial charge in [-0.2, -0.15) is 0 Å². The Balaban J connectivity index is 2.44. The number of carboxylic acids is 2. The smallest absolute Gasteiger partial charge is 0.336 e. The van der Waals surface area contributed by atoms with Crippen LogP contribution in [0.5, 0.6) is 11.5 Å². The zero-order chi connectivity index (χ0) is 15.6. The summed E-state index contributed by atoms with van der Waals surface area (Å²) < 4.78 is 6.97. The standard InChI is InChI=1S/C14H8Br2O5/c15-10-2-1-3-11(16)12(10)21-7-4-5-8(13(17)18)9(6-7)14(19)20/h1-6H,(H,17,18)(H,19,20). The van der Waals surface area contributed by atoms with Crippen LogP contribution in [0.3, 0.4) is 0 Å². The number of carboxylic acid groups (broad SMARTS) is 2. The predicted molar refractivity (Wildman–Crippen MR) is 82.3 cm³/mol. The lowest BCUT2D eigenvalue weighted by molar-refractivity contribution is 0.0651. The van der Waals surface area contributed by atoms with E-state index in [9.17, 15) is 9.59 Å². The Morgan fingerprint density at radius 1 is 0.905 bits per heavy atom. The van der Waals surface area contributed by atoms with Crippen LogP contribution >= 0.6 is 31.9 Å². The van der Waals surface area contributed by atoms with Gasteiger partial charge in [-0.15, -0.1) is 0 Å². The van der Waals surface area contributed by atoms with Gasteiger partial charge in [-0.3, -0.25) is 0 Å². The van der Waals surface area contributed by atoms with Gasteiger partial charge in [0.2, 0.25) is 0 Å². The van der Waals surface area contributed by atoms with Crippen molar-refractivity contribution in [3.63, 3.8) is 0 Å². The highest BCUT2D eigenvalue weighted by Gasteiger charge is 2.17. The molecule has 0 radical (unpaired) electrons. The summed E-state index contributed by atoms with van der Waals surface area (Å²) >= 11 is 6.65. The lowest BCUT2D eigenvalue weighted by atomic mass is 10.1. The minimum absolute atomic E-state index is 0.227. The van der Waals surface area contributed by atoms with Crippen LogP contribution in [-0.4, -0.2) is 22.2 Å². The van der Waals surface area contributed by atoms with Gasteiger partial charge in [0.15, 0.2) is 5.75 Å². The third kappa shape index (κ3) is 3.43. The molecule has 0 atom stereocenters. The molecule has 0 spiro atoms. The average molecular weight is 416 g/mol. The molecule has 0 aliphatic rings. The van der Waals surface area contributed by atoms with E-state index in [0.29, 0.717) is 14.7 Å². The number of rotatable bonds is 4. The van der Waals surface area contributed by atoms with E-state index in [0.717, 1.165) is 0 Å². The number of aromatic carboxylic acids is 2. The Kier molecular flexibility index (Phi) is 4.64. The highest BCUT2D eigenvalue weighted by atomic mass is 79.9. The Morgan fingerprint density at radius 2 is 1.48 bits per heavy atom. The van der Waals surface area contributed by atoms with Gasteiger partial charge in [0.1, 0.15) is 5.75 Å². The summed E-state index contributed by atoms with van der Waals surface area (Å²) in [6.45, 7) is 0. The normalized spacial score (nSPS) is 10.2. The molecular formula is C14H8Br2O5. The summed E-state index contributed by atoms with van der Waals surface area (Å²) in [6, 6.07) is 9.12. The first-order chi connectivity index (χ1) is 9.90. The van der Waals surface area contributed by atoms with E-state index >= 15 is 0 Å². The first-order valence-corrected chi connectivity index (χ1v) is 7.21. The predicted octanol–water partition coefficient (Wildman–Crippen LogP) is 4.40. The first-order valence-electron chi connectivity index (χ1n) is 5.62. The maximum absolute atomic E-state index is 11.1. The summed E-state index contributed by atoms with van der Waals surface area (Å²) in [7, 11) is 0. The fourth-order valence-electron chi connectivity index (χ4n) is 1.65. The molecule has 0 fully saturated rings. The van der Waals surface area contributed by atoms with Gasteiger partial charge >= 0.3 is 11.9 Å². The van der Waals surface area contributed by atoms with E-state index in [4.69, 9.17) is 14.9 Å². The van der Waals surface area contributed by atoms with Crippen LogP contribution in [0.25, 0.3) is 0 Å². The second kappa shape index (κ2) is 6.28. The van der Waals surface area contributed by atoms with Crippen LogP contribution in [0.2, 0.25) is 0 Å². The van der Waals surface area contributed by atoms with Gasteiger partial charge in [0, 0.05) is 0 Å². The third-order valence-electron chi connectivity index (χ3n) is 2.59. The second-order valence-corrected chi connectivity index (χ2v) is 5.68. The van der Waals surface area contributed by atoms with Gasteiger partial charge in [-0.05, 0) is 62.2 Å². The van der Waals surface area contributed by atoms with Crippen LogP contribution in [0.15, 0.2) is 45.3 Å². The second-order valence-electron chi connectivity index (χ2n) is 3.97. The van der Waals surface area contributed by atoms with Crippen LogP contribution in [0.1, 0.15) is 20.7 Å². The van der Waals surface area contributed by atoms with Gasteiger partial charge in [0.05, 0.1) is 20.1 Å². The highest BCUT2D eigenvalue weighted by Crippen LogP contribution is 2.36. The molecular weight excluding hydrogens is 408 g/mol. The fourth-order valence-corrected chi connectivity index (χ4v) is 2.81. The van der Waals surface area contributed by atoms with Crippen LogP contribution in [0.4, 0.5) is 0 Å². The Bertz CT molecular complexity index is 707. The summed E-state index contributed by atoms with van der Waals surface area (Å²) in [5.74, 6) is -1.94. The van der Waals surface area contributed by atoms with Crippen molar-refractivity contribution in [2.45, 2.75) is 0 Å². The summed E-state index contributed by atoms with van der Waals surface area (Å²) in [5, 5.41) is 18.0. The number of carbonyl (C=O) groups is 2. The largest absolute Gasteiger partial charge is 0.478 e. The van der Waals surface area contributed by atoms with E-state index in [1.54, 1.807) is 18.2 Å². The third-order valence-corrected chi connectivity index (χ3v) is 3.84. The average Bonchev–Trinajstić information content (AvgIpc) is 2.42. The van der Waals surface area contributed by atoms with Crippen molar-refractivity contribution in [3.05, 3.63) is 56.5 Å². The van der Waals surface area contributed by atoms with Crippen molar-refractivity contribution in [1.29, 1.82) is 0 Å². The topological polar surface area (TPSA) is 83.8 Å². The minimum Gasteiger partial charge on any atom is -0.478 e. The molecule has 2 aromatic carbocycles. The molecule has 7 heteroatoms. The van der Waals surface area contributed by atoms with Crippen molar-refractivity contribution in [3.8, 4) is 11.5 Å². The highest BCUT2D eigenvalue weighted by molar-refractivity contribution is 9.11. The number of hydrogen-bond acceptors (Lipinski definition) is 3. The van der Waals surface area contributed by atoms with Gasteiger partial charge < -0.3 is 14.9 Å². The zero-order valence-electron chi connectivity index (χ0n) is 10.3. The van der Waals surface area contributed by atoms with Crippen LogP contribution in [0, 0.1) is 0 Å². The molecule has 0 bridgehead atoms. The first kappa shape index (κ1) is 15.5. The molecule has 0 saturated carbocycles. The maximum atomic E-state index is 11.1. The van der Waals surface area contributed by atoms with Gasteiger partial charge in [-0.1, -0.05) is 6.07 Å². The molecule has 0 unspecified atom stereocenters. The number of hydrogen-bond donors (Lipinski definition) is 2. The number of ether oxygens (including phenoxy) is 1. The van der Waals surface area contributed by atoms with Crippen LogP contribution < -0.4 is 4.74 Å². The van der Waals surface area contributed by atoms with Crippen molar-refractivity contribution in [2.75, 3.05) is 0 Å². The Hall–Kier alpha value is -1.86. The molecule has 2 aromatic rings. The van der Waals surface area contributed by atoms with Crippen molar-refractivity contribution < 1.29 is 24.5 Å². The number of halogens is 2. The Labute approximate surface area is 136 Å². The number of para-hydroxylation sites is 1. The summed E-state index contributed by atoms with van der Waals surface area (Å²) in [6.07, 6.45) is 0. The zero-order valence-corrected chi connectivity index (χ0v) is 13.5. The van der Waals surface area contributed by atoms with E-state index in [2.05, 4.69) is 31.9 Å². The molecule has 0 aliphatic carbocycles. The molecule has 2 rings (SSSR count). The monoisotopic (exact) mass is 414 g/mol. The maximum Gasteiger partial charge on any atom is 0.336 e. The molecule has 2 N–H and O–H groups in total. The quantitative estimate of drug-likeness (QED) is 0.773. The van der Waals surface area contributed by atoms with Gasteiger partial charge in [-0.25, -0.2) is 9.59 Å². The van der Waals surface area contributed by atoms with Crippen molar-refractivity contribution in [1.82, 2.24) is 0 Å². The van der Waals surface area contributed by atoms with Crippen molar-refractivity contribution >= 4 is 43.8 Å². The SMILES string of the molecule is O=C(O)c1ccc(Oc2c(Br)cccc2Br)cc1C(=O)O. The summed E-state index contributed by atoms with van der Waals surface area (Å²) in [4.78, 5) is 22.1. The van der Waals surface area contributed by atoms with E-state index in [1.807, 2.05) is 0 Å². The molecule has 0 heterocycles. The lowest BCUT2D eigenvalue weighted by Gasteiger charge is -2.11. The van der Waals surface area contributed by atoms with Crippen molar-refractivity contribution in [2.24, 2.45) is 0 Å². The molecule has 21 heavy (non-hydrogen) atoms. The molecule has 0 saturated heterocycles. The van der Waals surface area contributed by atoms with E-state index in [1.165, 1.54) is 18.2 Å². The minimum atomic E-state index is -1.33. The molecule has 0 aliphatic heterocycles. The Morgan fingerprint density at radius 3 is 2.00 bits per heavy atom. The van der Waals surface area contributed by atoms with E-state index in [-0.39, 0.29) is 16.9 Å². The van der Waals surface area contributed by atoms with Crippen LogP contribution in [-0.2, 0) is 0 Å². The molecule has 0 aromatic heterocycles. The molecule has 108 valence electrons. The fraction of sp³-hybridized carbons (Fsp3) is 0. The lowest BCUT2D eigenvalue weighted by Crippen LogP contribution is -2.08.